The maximum absolute atomic E-state index is 11.6. The van der Waals surface area contributed by atoms with Crippen LogP contribution < -0.4 is 10.6 Å². The first kappa shape index (κ1) is 18.6. The molecule has 8 heteroatoms. The van der Waals surface area contributed by atoms with Crippen LogP contribution in [0.15, 0.2) is 0 Å². The molecule has 1 atom stereocenters. The second-order valence-corrected chi connectivity index (χ2v) is 5.68. The minimum absolute atomic E-state index is 0.0944. The second-order valence-electron chi connectivity index (χ2n) is 4.41. The lowest BCUT2D eigenvalue weighted by Crippen LogP contribution is -2.50. The minimum atomic E-state index is -1.43. The van der Waals surface area contributed by atoms with Crippen LogP contribution in [0.25, 0.3) is 0 Å². The summed E-state index contributed by atoms with van der Waals surface area (Å²) in [6, 6.07) is -2.10. The number of amides is 2. The van der Waals surface area contributed by atoms with Crippen LogP contribution in [-0.2, 0) is 9.59 Å². The molecule has 0 bridgehead atoms. The quantitative estimate of drug-likeness (QED) is 0.507. The number of carboxylic acids is 2. The van der Waals surface area contributed by atoms with Crippen molar-refractivity contribution in [3.8, 4) is 0 Å². The van der Waals surface area contributed by atoms with E-state index in [1.54, 1.807) is 11.8 Å². The number of hydrogen-bond donors (Lipinski definition) is 4. The molecule has 0 aromatic heterocycles. The molecule has 0 saturated carbocycles. The molecule has 0 rings (SSSR count). The van der Waals surface area contributed by atoms with Crippen LogP contribution in [0, 0.1) is 0 Å². The van der Waals surface area contributed by atoms with E-state index in [-0.39, 0.29) is 4.75 Å². The van der Waals surface area contributed by atoms with Gasteiger partial charge in [0.15, 0.2) is 0 Å². The summed E-state index contributed by atoms with van der Waals surface area (Å²) in [5.74, 6) is -2.65. The maximum Gasteiger partial charge on any atom is 0.326 e. The number of thioether (sulfide) groups is 1. The fourth-order valence-electron chi connectivity index (χ4n) is 1.69. The fourth-order valence-corrected chi connectivity index (χ4v) is 2.48. The second kappa shape index (κ2) is 8.68. The van der Waals surface area contributed by atoms with E-state index in [1.807, 2.05) is 20.1 Å². The Labute approximate surface area is 122 Å². The first-order valence-corrected chi connectivity index (χ1v) is 7.56. The summed E-state index contributed by atoms with van der Waals surface area (Å²) in [6.45, 7) is 4.43. The van der Waals surface area contributed by atoms with E-state index in [1.165, 1.54) is 0 Å². The lowest BCUT2D eigenvalue weighted by Gasteiger charge is -2.30. The van der Waals surface area contributed by atoms with Gasteiger partial charge in [0.1, 0.15) is 6.04 Å². The first-order valence-electron chi connectivity index (χ1n) is 6.34. The summed E-state index contributed by atoms with van der Waals surface area (Å²) in [4.78, 5) is 33.0. The molecule has 0 aliphatic rings. The Morgan fingerprint density at radius 2 is 1.75 bits per heavy atom. The van der Waals surface area contributed by atoms with Gasteiger partial charge >= 0.3 is 18.0 Å². The number of carbonyl (C=O) groups is 3. The van der Waals surface area contributed by atoms with Gasteiger partial charge < -0.3 is 20.8 Å². The van der Waals surface area contributed by atoms with E-state index in [9.17, 15) is 14.4 Å². The molecule has 2 amide bonds. The summed E-state index contributed by atoms with van der Waals surface area (Å²) in [5.41, 5.74) is 0. The van der Waals surface area contributed by atoms with Crippen molar-refractivity contribution in [3.05, 3.63) is 0 Å². The standard InChI is InChI=1S/C12H22N2O5S/c1-4-12(5-2,20-3)7-13-11(19)14-8(10(17)18)6-9(15)16/h8H,4-7H2,1-3H3,(H,15,16)(H,17,18)(H2,13,14,19)/t8-/m0/s1. The van der Waals surface area contributed by atoms with Gasteiger partial charge in [0, 0.05) is 11.3 Å². The van der Waals surface area contributed by atoms with Crippen LogP contribution in [0.2, 0.25) is 0 Å². The van der Waals surface area contributed by atoms with E-state index < -0.39 is 30.4 Å². The highest BCUT2D eigenvalue weighted by Gasteiger charge is 2.27. The number of aliphatic carboxylic acids is 2. The van der Waals surface area contributed by atoms with Gasteiger partial charge in [-0.2, -0.15) is 11.8 Å². The van der Waals surface area contributed by atoms with Crippen molar-refractivity contribution in [3.63, 3.8) is 0 Å². The van der Waals surface area contributed by atoms with E-state index in [0.717, 1.165) is 12.8 Å². The lowest BCUT2D eigenvalue weighted by atomic mass is 10.0. The summed E-state index contributed by atoms with van der Waals surface area (Å²) in [5, 5.41) is 22.2. The summed E-state index contributed by atoms with van der Waals surface area (Å²) >= 11 is 1.64. The molecule has 20 heavy (non-hydrogen) atoms. The van der Waals surface area contributed by atoms with Gasteiger partial charge in [0.05, 0.1) is 6.42 Å². The number of urea groups is 1. The molecule has 0 spiro atoms. The largest absolute Gasteiger partial charge is 0.481 e. The SMILES string of the molecule is CCC(CC)(CNC(=O)N[C@@H](CC(=O)O)C(=O)O)SC. The molecule has 0 aliphatic heterocycles. The lowest BCUT2D eigenvalue weighted by molar-refractivity contribution is -0.145. The third-order valence-corrected chi connectivity index (χ3v) is 4.86. The van der Waals surface area contributed by atoms with Crippen molar-refractivity contribution < 1.29 is 24.6 Å². The molecule has 0 aromatic rings. The highest BCUT2D eigenvalue weighted by molar-refractivity contribution is 8.00. The monoisotopic (exact) mass is 306 g/mol. The summed E-state index contributed by atoms with van der Waals surface area (Å²) in [7, 11) is 0. The van der Waals surface area contributed by atoms with Crippen molar-refractivity contribution in [1.82, 2.24) is 10.6 Å². The smallest absolute Gasteiger partial charge is 0.326 e. The van der Waals surface area contributed by atoms with Crippen molar-refractivity contribution in [1.29, 1.82) is 0 Å². The molecule has 7 nitrogen and oxygen atoms in total. The zero-order valence-corrected chi connectivity index (χ0v) is 12.7. The molecular formula is C12H22N2O5S. The molecule has 0 aliphatic carbocycles. The molecule has 0 fully saturated rings. The molecule has 4 N–H and O–H groups in total. The van der Waals surface area contributed by atoms with Gasteiger partial charge in [-0.15, -0.1) is 0 Å². The number of nitrogens with one attached hydrogen (secondary N) is 2. The zero-order chi connectivity index (χ0) is 15.8. The van der Waals surface area contributed by atoms with E-state index >= 15 is 0 Å². The maximum atomic E-state index is 11.6. The zero-order valence-electron chi connectivity index (χ0n) is 11.9. The van der Waals surface area contributed by atoms with Gasteiger partial charge in [0.25, 0.3) is 0 Å². The highest BCUT2D eigenvalue weighted by atomic mass is 32.2. The summed E-state index contributed by atoms with van der Waals surface area (Å²) < 4.78 is -0.0944. The van der Waals surface area contributed by atoms with Crippen molar-refractivity contribution in [2.24, 2.45) is 0 Å². The van der Waals surface area contributed by atoms with Crippen LogP contribution in [-0.4, -0.2) is 51.8 Å². The minimum Gasteiger partial charge on any atom is -0.481 e. The molecule has 0 unspecified atom stereocenters. The van der Waals surface area contributed by atoms with Crippen molar-refractivity contribution in [2.45, 2.75) is 43.9 Å². The number of carboxylic acid groups (broad SMARTS) is 2. The Hall–Kier alpha value is -1.44. The molecule has 0 saturated heterocycles. The molecule has 116 valence electrons. The Balaban J connectivity index is 4.46. The molecule has 0 heterocycles. The Bertz CT molecular complexity index is 349. The van der Waals surface area contributed by atoms with Gasteiger partial charge in [0.2, 0.25) is 0 Å². The fraction of sp³-hybridized carbons (Fsp3) is 0.750. The Morgan fingerprint density at radius 3 is 2.10 bits per heavy atom. The van der Waals surface area contributed by atoms with Crippen LogP contribution in [0.5, 0.6) is 0 Å². The average Bonchev–Trinajstić information content (AvgIpc) is 2.39. The van der Waals surface area contributed by atoms with Crippen molar-refractivity contribution in [2.75, 3.05) is 12.8 Å². The van der Waals surface area contributed by atoms with Crippen molar-refractivity contribution >= 4 is 29.7 Å². The summed E-state index contributed by atoms with van der Waals surface area (Å²) in [6.07, 6.45) is 3.03. The predicted octanol–water partition coefficient (Wildman–Crippen LogP) is 1.14. The van der Waals surface area contributed by atoms with E-state index in [2.05, 4.69) is 10.6 Å². The Kier molecular flexibility index (Phi) is 8.05. The molecule has 0 aromatic carbocycles. The van der Waals surface area contributed by atoms with E-state index in [0.29, 0.717) is 6.54 Å². The number of carbonyl (C=O) groups excluding carboxylic acids is 1. The Morgan fingerprint density at radius 1 is 1.20 bits per heavy atom. The highest BCUT2D eigenvalue weighted by Crippen LogP contribution is 2.29. The number of rotatable bonds is 9. The van der Waals surface area contributed by atoms with Crippen LogP contribution >= 0.6 is 11.8 Å². The van der Waals surface area contributed by atoms with Gasteiger partial charge in [-0.05, 0) is 19.1 Å². The molecular weight excluding hydrogens is 284 g/mol. The number of hydrogen-bond acceptors (Lipinski definition) is 4. The average molecular weight is 306 g/mol. The molecule has 0 radical (unpaired) electrons. The predicted molar refractivity (Wildman–Crippen MR) is 77.0 cm³/mol. The normalized spacial score (nSPS) is 12.6. The third kappa shape index (κ3) is 6.14. The van der Waals surface area contributed by atoms with Crippen LogP contribution in [0.1, 0.15) is 33.1 Å². The van der Waals surface area contributed by atoms with Crippen LogP contribution in [0.4, 0.5) is 4.79 Å². The van der Waals surface area contributed by atoms with Gasteiger partial charge in [-0.25, -0.2) is 9.59 Å². The first-order chi connectivity index (χ1) is 9.30. The van der Waals surface area contributed by atoms with Gasteiger partial charge in [-0.3, -0.25) is 4.79 Å². The van der Waals surface area contributed by atoms with Crippen LogP contribution in [0.3, 0.4) is 0 Å². The van der Waals surface area contributed by atoms with E-state index in [4.69, 9.17) is 10.2 Å². The topological polar surface area (TPSA) is 116 Å². The van der Waals surface area contributed by atoms with Gasteiger partial charge in [-0.1, -0.05) is 13.8 Å². The third-order valence-electron chi connectivity index (χ3n) is 3.27.